The second-order valence-corrected chi connectivity index (χ2v) is 4.42. The van der Waals surface area contributed by atoms with E-state index < -0.39 is 0 Å². The van der Waals surface area contributed by atoms with Crippen LogP contribution in [0.4, 0.5) is 0 Å². The Morgan fingerprint density at radius 1 is 1.35 bits per heavy atom. The van der Waals surface area contributed by atoms with Gasteiger partial charge in [-0.2, -0.15) is 4.99 Å². The first-order valence-corrected chi connectivity index (χ1v) is 6.18. The number of morpholine rings is 1. The Labute approximate surface area is 102 Å². The van der Waals surface area contributed by atoms with E-state index in [1.165, 1.54) is 0 Å². The molecule has 94 valence electrons. The fourth-order valence-corrected chi connectivity index (χ4v) is 2.54. The van der Waals surface area contributed by atoms with Gasteiger partial charge in [0.2, 0.25) is 5.96 Å². The smallest absolute Gasteiger partial charge is 0.227 e. The summed E-state index contributed by atoms with van der Waals surface area (Å²) in [6.45, 7) is 9.82. The third-order valence-electron chi connectivity index (χ3n) is 3.26. The quantitative estimate of drug-likeness (QED) is 0.509. The van der Waals surface area contributed by atoms with Crippen LogP contribution in [0.25, 0.3) is 0 Å². The Balaban J connectivity index is 2.18. The van der Waals surface area contributed by atoms with Gasteiger partial charge in [-0.3, -0.25) is 4.99 Å². The van der Waals surface area contributed by atoms with E-state index in [4.69, 9.17) is 4.74 Å². The van der Waals surface area contributed by atoms with Gasteiger partial charge in [0, 0.05) is 6.54 Å². The maximum absolute atomic E-state index is 5.54. The minimum atomic E-state index is 0.410. The number of hydrogen-bond acceptors (Lipinski definition) is 2. The van der Waals surface area contributed by atoms with Crippen molar-refractivity contribution in [2.75, 3.05) is 19.8 Å². The molecule has 2 aliphatic rings. The van der Waals surface area contributed by atoms with E-state index in [2.05, 4.69) is 26.6 Å². The van der Waals surface area contributed by atoms with Gasteiger partial charge in [0.15, 0.2) is 0 Å². The molecule has 0 aromatic heterocycles. The molecule has 2 atom stereocenters. The SMILES string of the molecule is C=NC(=NC(C)=NCC)N1C2CCC1COC2. The molecule has 0 saturated carbocycles. The van der Waals surface area contributed by atoms with E-state index in [0.29, 0.717) is 18.0 Å². The zero-order valence-corrected chi connectivity index (χ0v) is 10.6. The molecule has 0 aromatic rings. The zero-order valence-electron chi connectivity index (χ0n) is 10.6. The first kappa shape index (κ1) is 12.2. The molecule has 5 heteroatoms. The van der Waals surface area contributed by atoms with Gasteiger partial charge in [-0.25, -0.2) is 4.99 Å². The average Bonchev–Trinajstić information content (AvgIpc) is 2.57. The predicted molar refractivity (Wildman–Crippen MR) is 70.1 cm³/mol. The lowest BCUT2D eigenvalue weighted by Crippen LogP contribution is -2.48. The summed E-state index contributed by atoms with van der Waals surface area (Å²) in [5.74, 6) is 1.47. The zero-order chi connectivity index (χ0) is 12.3. The third kappa shape index (κ3) is 2.54. The second-order valence-electron chi connectivity index (χ2n) is 4.42. The van der Waals surface area contributed by atoms with Crippen molar-refractivity contribution in [2.45, 2.75) is 38.8 Å². The lowest BCUT2D eigenvalue weighted by Gasteiger charge is -2.35. The van der Waals surface area contributed by atoms with E-state index in [-0.39, 0.29) is 0 Å². The number of guanidine groups is 1. The molecule has 0 radical (unpaired) electrons. The lowest BCUT2D eigenvalue weighted by molar-refractivity contribution is 0.0200. The molecule has 2 bridgehead atoms. The first-order chi connectivity index (χ1) is 8.26. The van der Waals surface area contributed by atoms with Crippen LogP contribution in [-0.4, -0.2) is 55.3 Å². The predicted octanol–water partition coefficient (Wildman–Crippen LogP) is 1.34. The van der Waals surface area contributed by atoms with E-state index in [1.807, 2.05) is 13.8 Å². The summed E-state index contributed by atoms with van der Waals surface area (Å²) in [5.41, 5.74) is 0. The van der Waals surface area contributed by atoms with E-state index in [1.54, 1.807) is 0 Å². The Morgan fingerprint density at radius 2 is 2.00 bits per heavy atom. The van der Waals surface area contributed by atoms with Crippen molar-refractivity contribution in [1.82, 2.24) is 4.90 Å². The highest BCUT2D eigenvalue weighted by Gasteiger charge is 2.39. The van der Waals surface area contributed by atoms with Crippen molar-refractivity contribution in [3.8, 4) is 0 Å². The molecule has 2 saturated heterocycles. The van der Waals surface area contributed by atoms with Gasteiger partial charge in [-0.05, 0) is 33.4 Å². The molecule has 0 N–H and O–H groups in total. The Bertz CT molecular complexity index is 334. The summed E-state index contributed by atoms with van der Waals surface area (Å²) < 4.78 is 5.54. The van der Waals surface area contributed by atoms with E-state index in [0.717, 1.165) is 38.4 Å². The molecule has 2 fully saturated rings. The van der Waals surface area contributed by atoms with E-state index in [9.17, 15) is 0 Å². The van der Waals surface area contributed by atoms with Gasteiger partial charge in [-0.1, -0.05) is 0 Å². The summed E-state index contributed by atoms with van der Waals surface area (Å²) >= 11 is 0. The molecule has 0 spiro atoms. The summed E-state index contributed by atoms with van der Waals surface area (Å²) in [6, 6.07) is 0.819. The van der Waals surface area contributed by atoms with Crippen LogP contribution < -0.4 is 0 Å². The number of nitrogens with zero attached hydrogens (tertiary/aromatic N) is 4. The Morgan fingerprint density at radius 3 is 2.53 bits per heavy atom. The van der Waals surface area contributed by atoms with Crippen molar-refractivity contribution in [1.29, 1.82) is 0 Å². The maximum atomic E-state index is 5.54. The molecule has 2 rings (SSSR count). The standard InChI is InChI=1S/C12H20N4O/c1-4-14-9(2)15-12(13-3)16-10-5-6-11(16)8-17-7-10/h10-11H,3-8H2,1-2H3. The molecular weight excluding hydrogens is 216 g/mol. The average molecular weight is 236 g/mol. The van der Waals surface area contributed by atoms with E-state index >= 15 is 0 Å². The van der Waals surface area contributed by atoms with Crippen molar-refractivity contribution >= 4 is 18.5 Å². The maximum Gasteiger partial charge on any atom is 0.227 e. The van der Waals surface area contributed by atoms with Crippen molar-refractivity contribution in [3.05, 3.63) is 0 Å². The Kier molecular flexibility index (Phi) is 3.89. The van der Waals surface area contributed by atoms with Gasteiger partial charge >= 0.3 is 0 Å². The number of ether oxygens (including phenoxy) is 1. The highest BCUT2D eigenvalue weighted by atomic mass is 16.5. The molecule has 5 nitrogen and oxygen atoms in total. The fraction of sp³-hybridized carbons (Fsp3) is 0.750. The summed E-state index contributed by atoms with van der Waals surface area (Å²) in [7, 11) is 0. The van der Waals surface area contributed by atoms with Gasteiger partial charge in [-0.15, -0.1) is 0 Å². The van der Waals surface area contributed by atoms with Gasteiger partial charge < -0.3 is 9.64 Å². The topological polar surface area (TPSA) is 49.5 Å². The molecular formula is C12H20N4O. The normalized spacial score (nSPS) is 29.6. The molecule has 2 unspecified atom stereocenters. The third-order valence-corrected chi connectivity index (χ3v) is 3.26. The first-order valence-electron chi connectivity index (χ1n) is 6.18. The second kappa shape index (κ2) is 5.40. The van der Waals surface area contributed by atoms with Crippen molar-refractivity contribution in [2.24, 2.45) is 15.0 Å². The van der Waals surface area contributed by atoms with Gasteiger partial charge in [0.25, 0.3) is 0 Å². The van der Waals surface area contributed by atoms with Crippen molar-refractivity contribution in [3.63, 3.8) is 0 Å². The van der Waals surface area contributed by atoms with Gasteiger partial charge in [0.05, 0.1) is 25.3 Å². The number of hydrogen-bond donors (Lipinski definition) is 0. The highest BCUT2D eigenvalue weighted by molar-refractivity contribution is 5.97. The lowest BCUT2D eigenvalue weighted by atomic mass is 10.2. The highest BCUT2D eigenvalue weighted by Crippen LogP contribution is 2.29. The summed E-state index contributed by atoms with van der Waals surface area (Å²) in [5, 5.41) is 0. The summed E-state index contributed by atoms with van der Waals surface area (Å²) in [6.07, 6.45) is 2.31. The summed E-state index contributed by atoms with van der Waals surface area (Å²) in [4.78, 5) is 15.0. The van der Waals surface area contributed by atoms with Crippen LogP contribution in [0.1, 0.15) is 26.7 Å². The molecule has 2 heterocycles. The number of rotatable bonds is 1. The molecule has 2 aliphatic heterocycles. The van der Waals surface area contributed by atoms with Crippen LogP contribution in [-0.2, 0) is 4.74 Å². The molecule has 0 aliphatic carbocycles. The van der Waals surface area contributed by atoms with Crippen LogP contribution in [0.2, 0.25) is 0 Å². The minimum Gasteiger partial charge on any atom is -0.377 e. The Hall–Kier alpha value is -1.23. The molecule has 0 amide bonds. The number of aliphatic imine (C=N–C) groups is 3. The van der Waals surface area contributed by atoms with Gasteiger partial charge in [0.1, 0.15) is 5.84 Å². The molecule has 0 aromatic carbocycles. The fourth-order valence-electron chi connectivity index (χ4n) is 2.54. The van der Waals surface area contributed by atoms with Crippen LogP contribution in [0.5, 0.6) is 0 Å². The van der Waals surface area contributed by atoms with Crippen LogP contribution in [0, 0.1) is 0 Å². The minimum absolute atomic E-state index is 0.410. The molecule has 17 heavy (non-hydrogen) atoms. The number of amidine groups is 1. The van der Waals surface area contributed by atoms with Crippen LogP contribution in [0.15, 0.2) is 15.0 Å². The monoisotopic (exact) mass is 236 g/mol. The van der Waals surface area contributed by atoms with Crippen LogP contribution in [0.3, 0.4) is 0 Å². The van der Waals surface area contributed by atoms with Crippen molar-refractivity contribution < 1.29 is 4.74 Å². The van der Waals surface area contributed by atoms with Crippen LogP contribution >= 0.6 is 0 Å². The number of fused-ring (bicyclic) bond motifs is 2. The largest absolute Gasteiger partial charge is 0.377 e.